The number of amides is 1. The topological polar surface area (TPSA) is 70.2 Å². The van der Waals surface area contributed by atoms with Crippen LogP contribution in [0, 0.1) is 5.92 Å². The maximum Gasteiger partial charge on any atom is 0.227 e. The molecule has 1 atom stereocenters. The molecule has 0 bridgehead atoms. The summed E-state index contributed by atoms with van der Waals surface area (Å²) in [5, 5.41) is 0. The fourth-order valence-electron chi connectivity index (χ4n) is 3.21. The van der Waals surface area contributed by atoms with Crippen LogP contribution in [0.25, 0.3) is 0 Å². The fourth-order valence-corrected chi connectivity index (χ4v) is 4.08. The van der Waals surface area contributed by atoms with Crippen LogP contribution in [0.4, 0.5) is 0 Å². The first-order chi connectivity index (χ1) is 10.3. The van der Waals surface area contributed by atoms with Crippen LogP contribution >= 0.6 is 0 Å². The van der Waals surface area contributed by atoms with Gasteiger partial charge in [-0.1, -0.05) is 0 Å². The molecule has 2 aliphatic heterocycles. The summed E-state index contributed by atoms with van der Waals surface area (Å²) >= 11 is 0. The molecule has 0 radical (unpaired) electrons. The van der Waals surface area contributed by atoms with Crippen LogP contribution in [0.1, 0.15) is 12.8 Å². The largest absolute Gasteiger partial charge is 0.381 e. The zero-order chi connectivity index (χ0) is 16.3. The van der Waals surface area contributed by atoms with Crippen molar-refractivity contribution in [3.8, 4) is 0 Å². The molecule has 2 aliphatic rings. The zero-order valence-electron chi connectivity index (χ0n) is 13.7. The molecule has 2 heterocycles. The van der Waals surface area contributed by atoms with Crippen molar-refractivity contribution < 1.29 is 17.9 Å². The molecule has 0 N–H and O–H groups in total. The normalized spacial score (nSPS) is 26.6. The third-order valence-corrected chi connectivity index (χ3v) is 5.75. The predicted octanol–water partition coefficient (Wildman–Crippen LogP) is -0.553. The standard InChI is InChI=1S/C14H27N3O4S/c1-15(2)14(18)12-10-16(13-4-8-21-9-5-13)6-7-17(11-12)22(3,19)20/h12-13H,4-11H2,1-3H3. The van der Waals surface area contributed by atoms with E-state index < -0.39 is 10.0 Å². The van der Waals surface area contributed by atoms with Gasteiger partial charge in [-0.15, -0.1) is 0 Å². The lowest BCUT2D eigenvalue weighted by Gasteiger charge is -2.34. The lowest BCUT2D eigenvalue weighted by molar-refractivity contribution is -0.133. The molecule has 2 saturated heterocycles. The van der Waals surface area contributed by atoms with E-state index in [1.54, 1.807) is 19.0 Å². The molecule has 2 fully saturated rings. The summed E-state index contributed by atoms with van der Waals surface area (Å²) < 4.78 is 30.7. The lowest BCUT2D eigenvalue weighted by atomic mass is 10.0. The van der Waals surface area contributed by atoms with Gasteiger partial charge in [0.05, 0.1) is 12.2 Å². The molecule has 0 aromatic rings. The maximum absolute atomic E-state index is 12.4. The van der Waals surface area contributed by atoms with Gasteiger partial charge in [-0.3, -0.25) is 9.69 Å². The number of hydrogen-bond acceptors (Lipinski definition) is 5. The number of hydrogen-bond donors (Lipinski definition) is 0. The van der Waals surface area contributed by atoms with E-state index in [1.165, 1.54) is 10.6 Å². The molecule has 8 heteroatoms. The van der Waals surface area contributed by atoms with Gasteiger partial charge in [-0.25, -0.2) is 12.7 Å². The van der Waals surface area contributed by atoms with E-state index in [2.05, 4.69) is 4.90 Å². The molecule has 0 aliphatic carbocycles. The summed E-state index contributed by atoms with van der Waals surface area (Å²) in [6.07, 6.45) is 3.11. The van der Waals surface area contributed by atoms with Crippen molar-refractivity contribution in [3.05, 3.63) is 0 Å². The van der Waals surface area contributed by atoms with Gasteiger partial charge in [0, 0.05) is 59.5 Å². The zero-order valence-corrected chi connectivity index (χ0v) is 14.5. The van der Waals surface area contributed by atoms with E-state index in [0.717, 1.165) is 26.1 Å². The Kier molecular flexibility index (Phi) is 5.81. The molecule has 0 spiro atoms. The highest BCUT2D eigenvalue weighted by atomic mass is 32.2. The minimum atomic E-state index is -3.28. The Morgan fingerprint density at radius 2 is 1.77 bits per heavy atom. The molecule has 2 rings (SSSR count). The molecule has 1 amide bonds. The summed E-state index contributed by atoms with van der Waals surface area (Å²) in [6.45, 7) is 3.50. The Bertz CT molecular complexity index is 488. The quantitative estimate of drug-likeness (QED) is 0.693. The van der Waals surface area contributed by atoms with Crippen LogP contribution in [0.2, 0.25) is 0 Å². The first-order valence-corrected chi connectivity index (χ1v) is 9.62. The van der Waals surface area contributed by atoms with Gasteiger partial charge < -0.3 is 9.64 Å². The fraction of sp³-hybridized carbons (Fsp3) is 0.929. The van der Waals surface area contributed by atoms with Crippen molar-refractivity contribution in [2.45, 2.75) is 18.9 Å². The second kappa shape index (κ2) is 7.25. The number of carbonyl (C=O) groups is 1. The van der Waals surface area contributed by atoms with E-state index in [9.17, 15) is 13.2 Å². The minimum absolute atomic E-state index is 0.00684. The molecule has 0 aromatic carbocycles. The Morgan fingerprint density at radius 1 is 1.14 bits per heavy atom. The monoisotopic (exact) mass is 333 g/mol. The van der Waals surface area contributed by atoms with E-state index >= 15 is 0 Å². The van der Waals surface area contributed by atoms with Crippen LogP contribution in [-0.4, -0.2) is 94.2 Å². The van der Waals surface area contributed by atoms with Gasteiger partial charge in [-0.2, -0.15) is 0 Å². The minimum Gasteiger partial charge on any atom is -0.381 e. The maximum atomic E-state index is 12.4. The molecular weight excluding hydrogens is 306 g/mol. The van der Waals surface area contributed by atoms with Crippen LogP contribution in [-0.2, 0) is 19.6 Å². The first kappa shape index (κ1) is 17.7. The third kappa shape index (κ3) is 4.41. The Labute approximate surface area is 133 Å². The SMILES string of the molecule is CN(C)C(=O)C1CN(C2CCOCC2)CCN(S(C)(=O)=O)C1. The summed E-state index contributed by atoms with van der Waals surface area (Å²) in [4.78, 5) is 16.2. The molecular formula is C14H27N3O4S. The Hall–Kier alpha value is -0.700. The molecule has 0 aromatic heterocycles. The second-order valence-corrected chi connectivity index (χ2v) is 8.37. The van der Waals surface area contributed by atoms with Crippen molar-refractivity contribution >= 4 is 15.9 Å². The van der Waals surface area contributed by atoms with Crippen LogP contribution in [0.15, 0.2) is 0 Å². The number of nitrogens with zero attached hydrogens (tertiary/aromatic N) is 3. The van der Waals surface area contributed by atoms with E-state index in [4.69, 9.17) is 4.74 Å². The summed E-state index contributed by atoms with van der Waals surface area (Å²) in [6, 6.07) is 0.380. The molecule has 22 heavy (non-hydrogen) atoms. The van der Waals surface area contributed by atoms with Crippen LogP contribution < -0.4 is 0 Å². The van der Waals surface area contributed by atoms with Crippen molar-refractivity contribution in [3.63, 3.8) is 0 Å². The summed E-state index contributed by atoms with van der Waals surface area (Å²) in [7, 11) is 0.154. The molecule has 7 nitrogen and oxygen atoms in total. The Morgan fingerprint density at radius 3 is 2.32 bits per heavy atom. The van der Waals surface area contributed by atoms with Gasteiger partial charge in [0.15, 0.2) is 0 Å². The summed E-state index contributed by atoms with van der Waals surface area (Å²) in [5.41, 5.74) is 0. The van der Waals surface area contributed by atoms with Gasteiger partial charge >= 0.3 is 0 Å². The van der Waals surface area contributed by atoms with E-state index in [1.807, 2.05) is 0 Å². The lowest BCUT2D eigenvalue weighted by Crippen LogP contribution is -2.45. The van der Waals surface area contributed by atoms with Crippen LogP contribution in [0.3, 0.4) is 0 Å². The number of rotatable bonds is 3. The van der Waals surface area contributed by atoms with Crippen molar-refractivity contribution in [1.82, 2.24) is 14.1 Å². The highest BCUT2D eigenvalue weighted by molar-refractivity contribution is 7.88. The average molecular weight is 333 g/mol. The van der Waals surface area contributed by atoms with Gasteiger partial charge in [0.2, 0.25) is 15.9 Å². The number of carbonyl (C=O) groups excluding carboxylic acids is 1. The highest BCUT2D eigenvalue weighted by Crippen LogP contribution is 2.21. The number of ether oxygens (including phenoxy) is 1. The molecule has 128 valence electrons. The Balaban J connectivity index is 2.16. The highest BCUT2D eigenvalue weighted by Gasteiger charge is 2.35. The molecule has 0 saturated carbocycles. The van der Waals surface area contributed by atoms with E-state index in [0.29, 0.717) is 25.7 Å². The van der Waals surface area contributed by atoms with Crippen LogP contribution in [0.5, 0.6) is 0 Å². The summed E-state index contributed by atoms with van der Waals surface area (Å²) in [5.74, 6) is -0.317. The van der Waals surface area contributed by atoms with Gasteiger partial charge in [0.1, 0.15) is 0 Å². The van der Waals surface area contributed by atoms with Gasteiger partial charge in [0.25, 0.3) is 0 Å². The first-order valence-electron chi connectivity index (χ1n) is 7.77. The average Bonchev–Trinajstić information content (AvgIpc) is 2.70. The van der Waals surface area contributed by atoms with E-state index in [-0.39, 0.29) is 18.4 Å². The second-order valence-electron chi connectivity index (χ2n) is 6.39. The van der Waals surface area contributed by atoms with Crippen molar-refractivity contribution in [2.75, 3.05) is 59.7 Å². The predicted molar refractivity (Wildman–Crippen MR) is 84.0 cm³/mol. The molecule has 1 unspecified atom stereocenters. The van der Waals surface area contributed by atoms with Crippen molar-refractivity contribution in [1.29, 1.82) is 0 Å². The number of sulfonamides is 1. The smallest absolute Gasteiger partial charge is 0.227 e. The van der Waals surface area contributed by atoms with Gasteiger partial charge in [-0.05, 0) is 12.8 Å². The third-order valence-electron chi connectivity index (χ3n) is 4.48. The van der Waals surface area contributed by atoms with Crippen molar-refractivity contribution in [2.24, 2.45) is 5.92 Å².